The molecule has 1 fully saturated rings. The van der Waals surface area contributed by atoms with Crippen LogP contribution in [0, 0.1) is 0 Å². The fourth-order valence-electron chi connectivity index (χ4n) is 2.41. The van der Waals surface area contributed by atoms with E-state index in [9.17, 15) is 9.59 Å². The number of benzene rings is 1. The lowest BCUT2D eigenvalue weighted by Gasteiger charge is -2.32. The zero-order valence-corrected chi connectivity index (χ0v) is 13.6. The number of piperazine rings is 1. The summed E-state index contributed by atoms with van der Waals surface area (Å²) in [6.45, 7) is 2.76. The Labute approximate surface area is 144 Å². The molecule has 1 aromatic carbocycles. The standard InChI is InChI=1S/C16H16ClN5O2/c17-13-3-1-12(2-4-13)16(24)18-14-5-6-15(20-19-14)22-9-7-21(11-23)8-10-22/h1-6,11H,7-10H2,(H,18,19,24). The Balaban J connectivity index is 1.61. The first kappa shape index (κ1) is 16.2. The highest BCUT2D eigenvalue weighted by molar-refractivity contribution is 6.30. The Morgan fingerprint density at radius 1 is 1.04 bits per heavy atom. The van der Waals surface area contributed by atoms with Gasteiger partial charge in [-0.15, -0.1) is 10.2 Å². The summed E-state index contributed by atoms with van der Waals surface area (Å²) in [6, 6.07) is 10.1. The van der Waals surface area contributed by atoms with Crippen molar-refractivity contribution in [3.63, 3.8) is 0 Å². The number of nitrogens with zero attached hydrogens (tertiary/aromatic N) is 4. The van der Waals surface area contributed by atoms with Crippen molar-refractivity contribution in [3.05, 3.63) is 47.0 Å². The van der Waals surface area contributed by atoms with Gasteiger partial charge in [0.2, 0.25) is 6.41 Å². The normalized spacial score (nSPS) is 14.4. The van der Waals surface area contributed by atoms with Crippen LogP contribution in [0.25, 0.3) is 0 Å². The number of nitrogens with one attached hydrogen (secondary N) is 1. The molecule has 0 radical (unpaired) electrons. The Bertz CT molecular complexity index is 712. The van der Waals surface area contributed by atoms with E-state index < -0.39 is 0 Å². The van der Waals surface area contributed by atoms with Gasteiger partial charge in [-0.3, -0.25) is 9.59 Å². The fraction of sp³-hybridized carbons (Fsp3) is 0.250. The molecule has 0 atom stereocenters. The molecule has 0 bridgehead atoms. The highest BCUT2D eigenvalue weighted by Crippen LogP contribution is 2.15. The maximum Gasteiger partial charge on any atom is 0.256 e. The lowest BCUT2D eigenvalue weighted by Crippen LogP contribution is -2.46. The van der Waals surface area contributed by atoms with E-state index >= 15 is 0 Å². The van der Waals surface area contributed by atoms with Gasteiger partial charge in [-0.25, -0.2) is 0 Å². The van der Waals surface area contributed by atoms with Gasteiger partial charge < -0.3 is 15.1 Å². The molecule has 0 unspecified atom stereocenters. The smallest absolute Gasteiger partial charge is 0.256 e. The summed E-state index contributed by atoms with van der Waals surface area (Å²) in [6.07, 6.45) is 0.860. The topological polar surface area (TPSA) is 78.4 Å². The van der Waals surface area contributed by atoms with Crippen LogP contribution in [0.1, 0.15) is 10.4 Å². The van der Waals surface area contributed by atoms with Crippen LogP contribution >= 0.6 is 11.6 Å². The van der Waals surface area contributed by atoms with Gasteiger partial charge in [-0.05, 0) is 36.4 Å². The van der Waals surface area contributed by atoms with Gasteiger partial charge >= 0.3 is 0 Å². The molecule has 2 amide bonds. The van der Waals surface area contributed by atoms with Gasteiger partial charge in [0.1, 0.15) is 0 Å². The predicted molar refractivity (Wildman–Crippen MR) is 91.3 cm³/mol. The van der Waals surface area contributed by atoms with Crippen LogP contribution in [0.4, 0.5) is 11.6 Å². The minimum Gasteiger partial charge on any atom is -0.352 e. The zero-order valence-electron chi connectivity index (χ0n) is 12.9. The number of rotatable bonds is 4. The van der Waals surface area contributed by atoms with E-state index in [4.69, 9.17) is 11.6 Å². The average Bonchev–Trinajstić information content (AvgIpc) is 2.63. The molecule has 2 aromatic rings. The molecule has 8 heteroatoms. The maximum atomic E-state index is 12.1. The van der Waals surface area contributed by atoms with Crippen LogP contribution in [0.2, 0.25) is 5.02 Å². The van der Waals surface area contributed by atoms with Crippen molar-refractivity contribution in [1.29, 1.82) is 0 Å². The average molecular weight is 346 g/mol. The van der Waals surface area contributed by atoms with Gasteiger partial charge in [0.05, 0.1) is 0 Å². The predicted octanol–water partition coefficient (Wildman–Crippen LogP) is 1.66. The third-order valence-electron chi connectivity index (χ3n) is 3.79. The van der Waals surface area contributed by atoms with Crippen LogP contribution in [-0.4, -0.2) is 53.6 Å². The van der Waals surface area contributed by atoms with E-state index in [-0.39, 0.29) is 5.91 Å². The monoisotopic (exact) mass is 345 g/mol. The third kappa shape index (κ3) is 3.80. The molecule has 0 spiro atoms. The third-order valence-corrected chi connectivity index (χ3v) is 4.04. The van der Waals surface area contributed by atoms with Crippen LogP contribution in [0.3, 0.4) is 0 Å². The Morgan fingerprint density at radius 3 is 2.33 bits per heavy atom. The Morgan fingerprint density at radius 2 is 1.75 bits per heavy atom. The summed E-state index contributed by atoms with van der Waals surface area (Å²) in [5.41, 5.74) is 0.496. The SMILES string of the molecule is O=CN1CCN(c2ccc(NC(=O)c3ccc(Cl)cc3)nn2)CC1. The first-order valence-electron chi connectivity index (χ1n) is 7.50. The summed E-state index contributed by atoms with van der Waals surface area (Å²) in [5, 5.41) is 11.5. The van der Waals surface area contributed by atoms with Gasteiger partial charge in [0, 0.05) is 36.8 Å². The zero-order chi connectivity index (χ0) is 16.9. The van der Waals surface area contributed by atoms with E-state index in [2.05, 4.69) is 20.4 Å². The minimum atomic E-state index is -0.270. The summed E-state index contributed by atoms with van der Waals surface area (Å²) in [7, 11) is 0. The van der Waals surface area contributed by atoms with Gasteiger partial charge in [-0.2, -0.15) is 0 Å². The Hall–Kier alpha value is -2.67. The molecule has 2 heterocycles. The summed E-state index contributed by atoms with van der Waals surface area (Å²) >= 11 is 5.81. The first-order chi connectivity index (χ1) is 11.7. The molecular weight excluding hydrogens is 330 g/mol. The molecule has 0 aliphatic carbocycles. The second-order valence-electron chi connectivity index (χ2n) is 5.37. The number of carbonyl (C=O) groups is 2. The fourth-order valence-corrected chi connectivity index (χ4v) is 2.53. The van der Waals surface area contributed by atoms with Crippen molar-refractivity contribution in [2.75, 3.05) is 36.4 Å². The highest BCUT2D eigenvalue weighted by atomic mass is 35.5. The van der Waals surface area contributed by atoms with E-state index in [0.717, 1.165) is 12.2 Å². The first-order valence-corrected chi connectivity index (χ1v) is 7.88. The van der Waals surface area contributed by atoms with Crippen molar-refractivity contribution in [1.82, 2.24) is 15.1 Å². The molecule has 1 N–H and O–H groups in total. The van der Waals surface area contributed by atoms with Crippen molar-refractivity contribution in [2.45, 2.75) is 0 Å². The van der Waals surface area contributed by atoms with Crippen LogP contribution in [0.15, 0.2) is 36.4 Å². The molecular formula is C16H16ClN5O2. The van der Waals surface area contributed by atoms with Gasteiger partial charge in [0.15, 0.2) is 11.6 Å². The van der Waals surface area contributed by atoms with Crippen molar-refractivity contribution >= 4 is 35.6 Å². The van der Waals surface area contributed by atoms with Crippen LogP contribution < -0.4 is 10.2 Å². The lowest BCUT2D eigenvalue weighted by atomic mass is 10.2. The number of hydrogen-bond acceptors (Lipinski definition) is 5. The van der Waals surface area contributed by atoms with Gasteiger partial charge in [0.25, 0.3) is 5.91 Å². The number of hydrogen-bond donors (Lipinski definition) is 1. The van der Waals surface area contributed by atoms with E-state index in [1.165, 1.54) is 0 Å². The largest absolute Gasteiger partial charge is 0.352 e. The van der Waals surface area contributed by atoms with Crippen LogP contribution in [0.5, 0.6) is 0 Å². The maximum absolute atomic E-state index is 12.1. The number of halogens is 1. The number of aromatic nitrogens is 2. The van der Waals surface area contributed by atoms with Crippen LogP contribution in [-0.2, 0) is 4.79 Å². The Kier molecular flexibility index (Phi) is 4.90. The van der Waals surface area contributed by atoms with Gasteiger partial charge in [-0.1, -0.05) is 11.6 Å². The van der Waals surface area contributed by atoms with E-state index in [0.29, 0.717) is 42.6 Å². The molecule has 24 heavy (non-hydrogen) atoms. The quantitative estimate of drug-likeness (QED) is 0.853. The number of anilines is 2. The van der Waals surface area contributed by atoms with Crippen molar-refractivity contribution in [2.24, 2.45) is 0 Å². The number of amides is 2. The summed E-state index contributed by atoms with van der Waals surface area (Å²) < 4.78 is 0. The molecule has 1 aromatic heterocycles. The molecule has 1 aliphatic rings. The molecule has 1 saturated heterocycles. The molecule has 124 valence electrons. The lowest BCUT2D eigenvalue weighted by molar-refractivity contribution is -0.118. The molecule has 3 rings (SSSR count). The summed E-state index contributed by atoms with van der Waals surface area (Å²) in [5.74, 6) is 0.837. The highest BCUT2D eigenvalue weighted by Gasteiger charge is 2.17. The van der Waals surface area contributed by atoms with E-state index in [1.807, 2.05) is 0 Å². The van der Waals surface area contributed by atoms with Crippen molar-refractivity contribution in [3.8, 4) is 0 Å². The summed E-state index contributed by atoms with van der Waals surface area (Å²) in [4.78, 5) is 26.6. The number of carbonyl (C=O) groups excluding carboxylic acids is 2. The minimum absolute atomic E-state index is 0.270. The molecule has 1 aliphatic heterocycles. The second kappa shape index (κ2) is 7.27. The second-order valence-corrected chi connectivity index (χ2v) is 5.80. The molecule has 0 saturated carbocycles. The molecule has 7 nitrogen and oxygen atoms in total. The van der Waals surface area contributed by atoms with E-state index in [1.54, 1.807) is 41.3 Å². The van der Waals surface area contributed by atoms with Crippen molar-refractivity contribution < 1.29 is 9.59 Å².